The summed E-state index contributed by atoms with van der Waals surface area (Å²) in [5.41, 5.74) is 2.59. The smallest absolute Gasteiger partial charge is 0.305 e. The number of carbonyl (C=O) groups excluding carboxylic acids is 1. The summed E-state index contributed by atoms with van der Waals surface area (Å²) < 4.78 is 0. The lowest BCUT2D eigenvalue weighted by atomic mass is 10.1. The van der Waals surface area contributed by atoms with E-state index in [4.69, 9.17) is 5.11 Å². The lowest BCUT2D eigenvalue weighted by Gasteiger charge is -2.16. The highest BCUT2D eigenvalue weighted by Crippen LogP contribution is 2.34. The molecule has 0 aliphatic heterocycles. The van der Waals surface area contributed by atoms with E-state index >= 15 is 0 Å². The summed E-state index contributed by atoms with van der Waals surface area (Å²) in [5.74, 6) is -0.676. The second kappa shape index (κ2) is 5.42. The number of hydrogen-bond acceptors (Lipinski definition) is 3. The molecule has 1 unspecified atom stereocenters. The first kappa shape index (κ1) is 13.6. The zero-order valence-corrected chi connectivity index (χ0v) is 11.2. The molecular weight excluding hydrogens is 246 g/mol. The Labute approximate surface area is 111 Å². The fourth-order valence-electron chi connectivity index (χ4n) is 2.28. The van der Waals surface area contributed by atoms with E-state index in [2.05, 4.69) is 15.5 Å². The molecule has 6 heteroatoms. The highest BCUT2D eigenvalue weighted by Gasteiger charge is 2.33. The molecule has 0 bridgehead atoms. The van der Waals surface area contributed by atoms with Gasteiger partial charge in [0.25, 0.3) is 0 Å². The fraction of sp³-hybridized carbons (Fsp3) is 0.615. The number of aromatic amines is 1. The zero-order chi connectivity index (χ0) is 14.0. The van der Waals surface area contributed by atoms with Gasteiger partial charge in [-0.15, -0.1) is 0 Å². The van der Waals surface area contributed by atoms with Crippen LogP contribution in [0.25, 0.3) is 0 Å². The summed E-state index contributed by atoms with van der Waals surface area (Å²) in [6, 6.07) is -0.238. The molecule has 0 saturated heterocycles. The first-order valence-corrected chi connectivity index (χ1v) is 6.49. The molecule has 104 valence electrons. The van der Waals surface area contributed by atoms with E-state index in [-0.39, 0.29) is 24.8 Å². The predicted octanol–water partition coefficient (Wildman–Crippen LogP) is 0.939. The Morgan fingerprint density at radius 1 is 1.47 bits per heavy atom. The van der Waals surface area contributed by atoms with E-state index in [9.17, 15) is 9.59 Å². The Bertz CT molecular complexity index is 472. The van der Waals surface area contributed by atoms with Crippen LogP contribution in [0, 0.1) is 19.8 Å². The van der Waals surface area contributed by atoms with Crippen molar-refractivity contribution in [2.75, 3.05) is 0 Å². The zero-order valence-electron chi connectivity index (χ0n) is 11.2. The van der Waals surface area contributed by atoms with Gasteiger partial charge in [-0.05, 0) is 32.6 Å². The van der Waals surface area contributed by atoms with Crippen LogP contribution < -0.4 is 5.32 Å². The number of carbonyl (C=O) groups is 2. The van der Waals surface area contributed by atoms with Gasteiger partial charge < -0.3 is 10.4 Å². The molecule has 1 amide bonds. The summed E-state index contributed by atoms with van der Waals surface area (Å²) in [4.78, 5) is 22.8. The monoisotopic (exact) mass is 265 g/mol. The number of carboxylic acids is 1. The molecule has 0 aromatic carbocycles. The number of carboxylic acid groups (broad SMARTS) is 1. The molecule has 1 fully saturated rings. The van der Waals surface area contributed by atoms with Crippen molar-refractivity contribution < 1.29 is 14.7 Å². The van der Waals surface area contributed by atoms with Crippen LogP contribution in [0.5, 0.6) is 0 Å². The lowest BCUT2D eigenvalue weighted by molar-refractivity contribution is -0.137. The van der Waals surface area contributed by atoms with Crippen molar-refractivity contribution in [3.63, 3.8) is 0 Å². The Balaban J connectivity index is 1.94. The maximum absolute atomic E-state index is 12.0. The first-order valence-electron chi connectivity index (χ1n) is 6.49. The maximum Gasteiger partial charge on any atom is 0.305 e. The van der Waals surface area contributed by atoms with Gasteiger partial charge in [0.1, 0.15) is 0 Å². The number of rotatable bonds is 6. The highest BCUT2D eigenvalue weighted by molar-refractivity contribution is 5.80. The van der Waals surface area contributed by atoms with Gasteiger partial charge in [-0.3, -0.25) is 14.7 Å². The first-order chi connectivity index (χ1) is 8.97. The van der Waals surface area contributed by atoms with Gasteiger partial charge in [0.05, 0.1) is 18.5 Å². The number of aliphatic carboxylic acids is 1. The second-order valence-electron chi connectivity index (χ2n) is 5.20. The average Bonchev–Trinajstić information content (AvgIpc) is 3.11. The predicted molar refractivity (Wildman–Crippen MR) is 68.7 cm³/mol. The van der Waals surface area contributed by atoms with E-state index in [1.54, 1.807) is 0 Å². The van der Waals surface area contributed by atoms with Crippen molar-refractivity contribution in [1.29, 1.82) is 0 Å². The van der Waals surface area contributed by atoms with Crippen LogP contribution in [-0.2, 0) is 16.0 Å². The molecule has 0 spiro atoms. The third-order valence-electron chi connectivity index (χ3n) is 3.55. The molecule has 19 heavy (non-hydrogen) atoms. The van der Waals surface area contributed by atoms with Crippen LogP contribution in [0.2, 0.25) is 0 Å². The number of hydrogen-bond donors (Lipinski definition) is 3. The van der Waals surface area contributed by atoms with E-state index in [1.165, 1.54) is 0 Å². The topological polar surface area (TPSA) is 95.1 Å². The quantitative estimate of drug-likeness (QED) is 0.713. The normalized spacial score (nSPS) is 16.1. The summed E-state index contributed by atoms with van der Waals surface area (Å²) in [7, 11) is 0. The number of aryl methyl sites for hydroxylation is 2. The Morgan fingerprint density at radius 2 is 2.16 bits per heavy atom. The van der Waals surface area contributed by atoms with Gasteiger partial charge in [-0.25, -0.2) is 0 Å². The third kappa shape index (κ3) is 3.56. The minimum Gasteiger partial charge on any atom is -0.481 e. The molecule has 1 aliphatic rings. The van der Waals surface area contributed by atoms with Gasteiger partial charge >= 0.3 is 5.97 Å². The van der Waals surface area contributed by atoms with Gasteiger partial charge in [0, 0.05) is 17.3 Å². The molecule has 1 aliphatic carbocycles. The number of aromatic nitrogens is 2. The van der Waals surface area contributed by atoms with Gasteiger partial charge in [-0.2, -0.15) is 5.10 Å². The summed E-state index contributed by atoms with van der Waals surface area (Å²) in [6.45, 7) is 3.72. The minimum atomic E-state index is -0.868. The van der Waals surface area contributed by atoms with Gasteiger partial charge in [0.2, 0.25) is 5.91 Å². The van der Waals surface area contributed by atoms with Gasteiger partial charge in [0.15, 0.2) is 0 Å². The van der Waals surface area contributed by atoms with E-state index in [1.807, 2.05) is 13.8 Å². The summed E-state index contributed by atoms with van der Waals surface area (Å²) in [5, 5.41) is 18.6. The van der Waals surface area contributed by atoms with Crippen LogP contribution >= 0.6 is 0 Å². The number of amides is 1. The van der Waals surface area contributed by atoms with Crippen LogP contribution in [0.3, 0.4) is 0 Å². The highest BCUT2D eigenvalue weighted by atomic mass is 16.4. The number of nitrogens with zero attached hydrogens (tertiary/aromatic N) is 1. The Hall–Kier alpha value is -1.85. The Kier molecular flexibility index (Phi) is 3.87. The van der Waals surface area contributed by atoms with Crippen molar-refractivity contribution in [2.45, 2.75) is 45.6 Å². The molecule has 1 aromatic rings. The maximum atomic E-state index is 12.0. The van der Waals surface area contributed by atoms with Crippen molar-refractivity contribution in [3.05, 3.63) is 17.0 Å². The van der Waals surface area contributed by atoms with E-state index in [0.717, 1.165) is 29.8 Å². The van der Waals surface area contributed by atoms with E-state index in [0.29, 0.717) is 5.92 Å². The van der Waals surface area contributed by atoms with Crippen molar-refractivity contribution in [3.8, 4) is 0 Å². The lowest BCUT2D eigenvalue weighted by Crippen LogP contribution is -2.39. The molecule has 6 nitrogen and oxygen atoms in total. The third-order valence-corrected chi connectivity index (χ3v) is 3.55. The van der Waals surface area contributed by atoms with Crippen LogP contribution in [0.1, 0.15) is 36.2 Å². The van der Waals surface area contributed by atoms with Crippen LogP contribution in [0.15, 0.2) is 0 Å². The van der Waals surface area contributed by atoms with Crippen molar-refractivity contribution in [1.82, 2.24) is 15.5 Å². The molecule has 3 N–H and O–H groups in total. The number of H-pyrrole nitrogens is 1. The van der Waals surface area contributed by atoms with Crippen molar-refractivity contribution >= 4 is 11.9 Å². The van der Waals surface area contributed by atoms with Crippen LogP contribution in [0.4, 0.5) is 0 Å². The molecule has 2 rings (SSSR count). The Morgan fingerprint density at radius 3 is 2.63 bits per heavy atom. The molecule has 1 heterocycles. The molecule has 0 radical (unpaired) electrons. The van der Waals surface area contributed by atoms with Crippen molar-refractivity contribution in [2.24, 2.45) is 5.92 Å². The summed E-state index contributed by atoms with van der Waals surface area (Å²) in [6.07, 6.45) is 2.25. The SMILES string of the molecule is Cc1n[nH]c(C)c1CC(=O)NC(CC(=O)O)C1CC1. The van der Waals surface area contributed by atoms with Gasteiger partial charge in [-0.1, -0.05) is 0 Å². The van der Waals surface area contributed by atoms with E-state index < -0.39 is 5.97 Å². The minimum absolute atomic E-state index is 0.000240. The standard InChI is InChI=1S/C13H19N3O3/c1-7-10(8(2)16-15-7)5-12(17)14-11(6-13(18)19)9-3-4-9/h9,11H,3-6H2,1-2H3,(H,14,17)(H,15,16)(H,18,19). The fourth-order valence-corrected chi connectivity index (χ4v) is 2.28. The number of nitrogens with one attached hydrogen (secondary N) is 2. The largest absolute Gasteiger partial charge is 0.481 e. The summed E-state index contributed by atoms with van der Waals surface area (Å²) >= 11 is 0. The molecule has 1 atom stereocenters. The average molecular weight is 265 g/mol. The van der Waals surface area contributed by atoms with Crippen LogP contribution in [-0.4, -0.2) is 33.2 Å². The second-order valence-corrected chi connectivity index (χ2v) is 5.20. The molecule has 1 saturated carbocycles. The molecule has 1 aromatic heterocycles. The molecular formula is C13H19N3O3.